The Kier molecular flexibility index (Phi) is 12.1. The molecule has 1 fully saturated rings. The number of carbonyl (C=O) groups is 2. The quantitative estimate of drug-likeness (QED) is 0.312. The normalized spacial score (nSPS) is 32.6. The number of esters is 1. The summed E-state index contributed by atoms with van der Waals surface area (Å²) in [6.07, 6.45) is 16.3. The van der Waals surface area contributed by atoms with Crippen molar-refractivity contribution in [1.29, 1.82) is 0 Å². The van der Waals surface area contributed by atoms with Crippen LogP contribution in [-0.2, 0) is 19.1 Å². The first kappa shape index (κ1) is 27.5. The van der Waals surface area contributed by atoms with Crippen LogP contribution in [0.2, 0.25) is 0 Å². The molecule has 0 N–H and O–H groups in total. The Balaban J connectivity index is 2.12. The Morgan fingerprint density at radius 1 is 1.21 bits per heavy atom. The first-order chi connectivity index (χ1) is 15.8. The second kappa shape index (κ2) is 14.5. The van der Waals surface area contributed by atoms with E-state index in [9.17, 15) is 9.59 Å². The predicted octanol–water partition coefficient (Wildman–Crippen LogP) is 6.70. The molecule has 1 heterocycles. The van der Waals surface area contributed by atoms with E-state index < -0.39 is 36.2 Å². The minimum absolute atomic E-state index is 0.101. The summed E-state index contributed by atoms with van der Waals surface area (Å²) in [6.45, 7) is 5.43. The summed E-state index contributed by atoms with van der Waals surface area (Å²) in [5.74, 6) is -0.543. The lowest BCUT2D eigenvalue weighted by Crippen LogP contribution is -2.33. The summed E-state index contributed by atoms with van der Waals surface area (Å²) in [5, 5.41) is 0. The van der Waals surface area contributed by atoms with E-state index in [2.05, 4.69) is 0 Å². The van der Waals surface area contributed by atoms with Crippen molar-refractivity contribution in [3.63, 3.8) is 0 Å². The average Bonchev–Trinajstić information content (AvgIpc) is 2.81. The van der Waals surface area contributed by atoms with Gasteiger partial charge in [-0.1, -0.05) is 76.7 Å². The summed E-state index contributed by atoms with van der Waals surface area (Å²) in [6, 6.07) is 0. The van der Waals surface area contributed by atoms with Crippen molar-refractivity contribution in [3.8, 4) is 0 Å². The molecule has 0 spiro atoms. The predicted molar refractivity (Wildman–Crippen MR) is 131 cm³/mol. The first-order valence-electron chi connectivity index (χ1n) is 12.7. The van der Waals surface area contributed by atoms with Crippen LogP contribution >= 0.6 is 0 Å². The number of hydrogen-bond acceptors (Lipinski definition) is 4. The fourth-order valence-corrected chi connectivity index (χ4v) is 5.01. The molecular formula is C28H43FO4. The van der Waals surface area contributed by atoms with Gasteiger partial charge in [0.15, 0.2) is 0 Å². The number of carbonyl (C=O) groups excluding carboxylic acids is 2. The summed E-state index contributed by atoms with van der Waals surface area (Å²) in [4.78, 5) is 25.5. The Morgan fingerprint density at radius 3 is 2.61 bits per heavy atom. The van der Waals surface area contributed by atoms with Gasteiger partial charge in [0.1, 0.15) is 24.2 Å². The Morgan fingerprint density at radius 2 is 1.91 bits per heavy atom. The maximum atomic E-state index is 15.1. The van der Waals surface area contributed by atoms with Gasteiger partial charge in [-0.25, -0.2) is 9.18 Å². The molecule has 0 bridgehead atoms. The third-order valence-electron chi connectivity index (χ3n) is 7.11. The zero-order valence-corrected chi connectivity index (χ0v) is 20.9. The molecule has 0 aromatic heterocycles. The van der Waals surface area contributed by atoms with Crippen LogP contribution in [0, 0.1) is 17.8 Å². The Bertz CT molecular complexity index is 705. The molecular weight excluding hydrogens is 419 g/mol. The average molecular weight is 463 g/mol. The first-order valence-corrected chi connectivity index (χ1v) is 12.7. The maximum absolute atomic E-state index is 15.1. The van der Waals surface area contributed by atoms with Crippen molar-refractivity contribution in [3.05, 3.63) is 36.0 Å². The van der Waals surface area contributed by atoms with Crippen molar-refractivity contribution in [1.82, 2.24) is 0 Å². The lowest BCUT2D eigenvalue weighted by atomic mass is 9.84. The van der Waals surface area contributed by atoms with E-state index in [1.165, 1.54) is 45.3 Å². The van der Waals surface area contributed by atoms with E-state index in [1.54, 1.807) is 25.2 Å². The fraction of sp³-hybridized carbons (Fsp3) is 0.714. The minimum atomic E-state index is -1.24. The second-order valence-electron chi connectivity index (χ2n) is 9.83. The van der Waals surface area contributed by atoms with Crippen molar-refractivity contribution < 1.29 is 23.5 Å². The maximum Gasteiger partial charge on any atom is 0.331 e. The second-order valence-corrected chi connectivity index (χ2v) is 9.83. The third kappa shape index (κ3) is 9.19. The Labute approximate surface area is 199 Å². The van der Waals surface area contributed by atoms with Crippen molar-refractivity contribution in [2.45, 2.75) is 103 Å². The molecule has 4 nitrogen and oxygen atoms in total. The number of Topliss-reactive ketones (excluding diaryl/α,β-unsaturated/α-hetero) is 1. The van der Waals surface area contributed by atoms with Gasteiger partial charge >= 0.3 is 5.97 Å². The van der Waals surface area contributed by atoms with Gasteiger partial charge < -0.3 is 9.47 Å². The lowest BCUT2D eigenvalue weighted by Gasteiger charge is -2.27. The van der Waals surface area contributed by atoms with Gasteiger partial charge in [0.05, 0.1) is 5.92 Å². The number of ether oxygens (including phenoxy) is 2. The van der Waals surface area contributed by atoms with Crippen molar-refractivity contribution in [2.75, 3.05) is 7.11 Å². The summed E-state index contributed by atoms with van der Waals surface area (Å²) >= 11 is 0. The number of allylic oxidation sites excluding steroid dienone is 3. The van der Waals surface area contributed by atoms with Crippen molar-refractivity contribution >= 4 is 11.8 Å². The zero-order chi connectivity index (χ0) is 24.2. The van der Waals surface area contributed by atoms with Crippen LogP contribution in [0.15, 0.2) is 36.0 Å². The number of rotatable bonds is 7. The number of alkyl halides is 1. The summed E-state index contributed by atoms with van der Waals surface area (Å²) in [5.41, 5.74) is 0.705. The molecule has 1 aliphatic carbocycles. The van der Waals surface area contributed by atoms with Crippen molar-refractivity contribution in [2.24, 2.45) is 17.8 Å². The third-order valence-corrected chi connectivity index (χ3v) is 7.11. The monoisotopic (exact) mass is 462 g/mol. The highest BCUT2D eigenvalue weighted by molar-refractivity contribution is 5.84. The van der Waals surface area contributed by atoms with Crippen LogP contribution in [-0.4, -0.2) is 37.2 Å². The number of methoxy groups -OCH3 is 1. The largest absolute Gasteiger partial charge is 0.454 e. The molecule has 0 aromatic carbocycles. The summed E-state index contributed by atoms with van der Waals surface area (Å²) in [7, 11) is 1.51. The fourth-order valence-electron chi connectivity index (χ4n) is 5.01. The van der Waals surface area contributed by atoms with Gasteiger partial charge in [0, 0.05) is 25.5 Å². The molecule has 5 atom stereocenters. The van der Waals surface area contributed by atoms with Gasteiger partial charge in [-0.3, -0.25) is 4.79 Å². The van der Waals surface area contributed by atoms with Gasteiger partial charge in [0.25, 0.3) is 0 Å². The van der Waals surface area contributed by atoms with Gasteiger partial charge in [-0.05, 0) is 37.7 Å². The van der Waals surface area contributed by atoms with Gasteiger partial charge in [-0.2, -0.15) is 0 Å². The molecule has 186 valence electrons. The number of hydrogen-bond donors (Lipinski definition) is 0. The molecule has 1 saturated carbocycles. The van der Waals surface area contributed by atoms with Gasteiger partial charge in [-0.15, -0.1) is 0 Å². The van der Waals surface area contributed by atoms with E-state index in [0.29, 0.717) is 24.8 Å². The topological polar surface area (TPSA) is 52.6 Å². The Hall–Kier alpha value is -1.75. The molecule has 2 rings (SSSR count). The highest BCUT2D eigenvalue weighted by Gasteiger charge is 2.30. The number of cyclic esters (lactones) is 1. The zero-order valence-electron chi connectivity index (χ0n) is 20.9. The SMILES string of the molecule is CO[C@H]1/C=C/CC/C=C/C(=O)OC([C@H](C)C(=O)CCCC2CCCCC2)/C(C)=C\[C@@H](C)[C@@H]1F. The molecule has 0 aromatic rings. The van der Waals surface area contributed by atoms with E-state index >= 15 is 4.39 Å². The molecule has 2 aliphatic rings. The highest BCUT2D eigenvalue weighted by Crippen LogP contribution is 2.29. The van der Waals surface area contributed by atoms with Crippen LogP contribution in [0.5, 0.6) is 0 Å². The molecule has 0 amide bonds. The molecule has 1 unspecified atom stereocenters. The molecule has 1 aliphatic heterocycles. The minimum Gasteiger partial charge on any atom is -0.454 e. The molecule has 0 radical (unpaired) electrons. The highest BCUT2D eigenvalue weighted by atomic mass is 19.1. The van der Waals surface area contributed by atoms with E-state index in [0.717, 1.165) is 18.8 Å². The molecule has 0 saturated heterocycles. The van der Waals surface area contributed by atoms with Gasteiger partial charge in [0.2, 0.25) is 0 Å². The molecule has 5 heteroatoms. The smallest absolute Gasteiger partial charge is 0.331 e. The number of ketones is 1. The summed E-state index contributed by atoms with van der Waals surface area (Å²) < 4.78 is 26.2. The molecule has 33 heavy (non-hydrogen) atoms. The van der Waals surface area contributed by atoms with E-state index in [4.69, 9.17) is 9.47 Å². The van der Waals surface area contributed by atoms with E-state index in [-0.39, 0.29) is 5.78 Å². The number of halogens is 1. The van der Waals surface area contributed by atoms with Crippen LogP contribution in [0.25, 0.3) is 0 Å². The van der Waals surface area contributed by atoms with Crippen LogP contribution in [0.1, 0.15) is 85.0 Å². The van der Waals surface area contributed by atoms with Crippen LogP contribution in [0.4, 0.5) is 4.39 Å². The standard InChI is InChI=1S/C28H43FO4/c1-20-19-21(2)28(22(3)24(30)16-12-15-23-13-8-7-9-14-23)33-26(31)18-11-6-5-10-17-25(32-4)27(20)29/h10-11,17-20,22-23,25,27-28H,5-9,12-16H2,1-4H3/b17-10+,18-11+,21-19-/t20-,22-,25+,27+,28?/m1/s1. The van der Waals surface area contributed by atoms with Crippen LogP contribution in [0.3, 0.4) is 0 Å². The van der Waals surface area contributed by atoms with Crippen LogP contribution < -0.4 is 0 Å². The lowest BCUT2D eigenvalue weighted by molar-refractivity contribution is -0.145. The van der Waals surface area contributed by atoms with E-state index in [1.807, 2.05) is 19.9 Å².